The van der Waals surface area contributed by atoms with Gasteiger partial charge in [-0.1, -0.05) is 0 Å². The van der Waals surface area contributed by atoms with Crippen LogP contribution < -0.4 is 4.74 Å². The molecule has 0 N–H and O–H groups in total. The summed E-state index contributed by atoms with van der Waals surface area (Å²) in [5.74, 6) is 0.887. The molecular formula is C16H15N5O3. The summed E-state index contributed by atoms with van der Waals surface area (Å²) in [6, 6.07) is 4.91. The maximum atomic E-state index is 10.9. The monoisotopic (exact) mass is 325 g/mol. The number of hydrogen-bond donors (Lipinski definition) is 0. The molecule has 0 radical (unpaired) electrons. The minimum absolute atomic E-state index is 0.192. The second-order valence-corrected chi connectivity index (χ2v) is 5.35. The van der Waals surface area contributed by atoms with E-state index in [1.807, 2.05) is 13.2 Å². The van der Waals surface area contributed by atoms with E-state index in [0.717, 1.165) is 11.3 Å². The van der Waals surface area contributed by atoms with Crippen LogP contribution in [0.3, 0.4) is 0 Å². The average molecular weight is 325 g/mol. The van der Waals surface area contributed by atoms with Gasteiger partial charge in [-0.15, -0.1) is 0 Å². The molecule has 24 heavy (non-hydrogen) atoms. The van der Waals surface area contributed by atoms with Gasteiger partial charge in [-0.25, -0.2) is 0 Å². The molecule has 3 heterocycles. The van der Waals surface area contributed by atoms with E-state index in [9.17, 15) is 10.1 Å². The minimum Gasteiger partial charge on any atom is -0.453 e. The van der Waals surface area contributed by atoms with Crippen molar-refractivity contribution in [3.8, 4) is 22.8 Å². The van der Waals surface area contributed by atoms with Gasteiger partial charge in [0, 0.05) is 49.6 Å². The first-order valence-electron chi connectivity index (χ1n) is 7.19. The lowest BCUT2D eigenvalue weighted by Crippen LogP contribution is -1.99. The zero-order chi connectivity index (χ0) is 17.3. The fourth-order valence-electron chi connectivity index (χ4n) is 2.35. The third-order valence-electron chi connectivity index (χ3n) is 3.45. The number of nitrogens with zero attached hydrogens (tertiary/aromatic N) is 5. The zero-order valence-corrected chi connectivity index (χ0v) is 13.4. The predicted octanol–water partition coefficient (Wildman–Crippen LogP) is 3.19. The topological polar surface area (TPSA) is 96.0 Å². The highest BCUT2D eigenvalue weighted by Crippen LogP contribution is 2.31. The molecule has 0 atom stereocenters. The molecule has 122 valence electrons. The first-order chi connectivity index (χ1) is 11.4. The number of pyridine rings is 2. The Balaban J connectivity index is 1.93. The summed E-state index contributed by atoms with van der Waals surface area (Å²) in [6.45, 7) is 3.43. The summed E-state index contributed by atoms with van der Waals surface area (Å²) in [5, 5.41) is 15.0. The van der Waals surface area contributed by atoms with Crippen LogP contribution in [0.4, 0.5) is 5.82 Å². The van der Waals surface area contributed by atoms with E-state index in [1.165, 1.54) is 6.07 Å². The van der Waals surface area contributed by atoms with E-state index in [1.54, 1.807) is 43.1 Å². The van der Waals surface area contributed by atoms with E-state index in [4.69, 9.17) is 4.74 Å². The van der Waals surface area contributed by atoms with Crippen LogP contribution in [0.15, 0.2) is 36.8 Å². The van der Waals surface area contributed by atoms with Gasteiger partial charge in [0.05, 0.1) is 11.9 Å². The van der Waals surface area contributed by atoms with Crippen molar-refractivity contribution in [3.63, 3.8) is 0 Å². The van der Waals surface area contributed by atoms with E-state index < -0.39 is 4.92 Å². The average Bonchev–Trinajstić information content (AvgIpc) is 2.97. The van der Waals surface area contributed by atoms with Gasteiger partial charge in [-0.3, -0.25) is 9.67 Å². The highest BCUT2D eigenvalue weighted by atomic mass is 16.6. The van der Waals surface area contributed by atoms with Gasteiger partial charge in [0.15, 0.2) is 11.4 Å². The summed E-state index contributed by atoms with van der Waals surface area (Å²) >= 11 is 0. The molecule has 3 rings (SSSR count). The molecule has 3 aromatic rings. The number of aromatic nitrogens is 4. The summed E-state index contributed by atoms with van der Waals surface area (Å²) in [4.78, 5) is 18.6. The molecule has 0 unspecified atom stereocenters. The SMILES string of the molecule is Cc1cc([N+](=O)[O-])nc(C)c1Oc1ccnc(-c2cnn(C)c2)c1. The number of aryl methyl sites for hydroxylation is 3. The second-order valence-electron chi connectivity index (χ2n) is 5.35. The van der Waals surface area contributed by atoms with Crippen molar-refractivity contribution >= 4 is 5.82 Å². The van der Waals surface area contributed by atoms with Crippen molar-refractivity contribution in [2.24, 2.45) is 7.05 Å². The van der Waals surface area contributed by atoms with Crippen LogP contribution in [0.1, 0.15) is 11.3 Å². The fraction of sp³-hybridized carbons (Fsp3) is 0.188. The van der Waals surface area contributed by atoms with Crippen molar-refractivity contribution in [1.82, 2.24) is 19.7 Å². The van der Waals surface area contributed by atoms with Crippen LogP contribution in [0.2, 0.25) is 0 Å². The number of hydrogen-bond acceptors (Lipinski definition) is 6. The summed E-state index contributed by atoms with van der Waals surface area (Å²) in [7, 11) is 1.83. The standard InChI is InChI=1S/C16H15N5O3/c1-10-6-15(21(22)23)19-11(2)16(10)24-13-4-5-17-14(7-13)12-8-18-20(3)9-12/h4-9H,1-3H3. The second kappa shape index (κ2) is 6.07. The molecular weight excluding hydrogens is 310 g/mol. The van der Waals surface area contributed by atoms with Gasteiger partial charge in [0.25, 0.3) is 0 Å². The summed E-state index contributed by atoms with van der Waals surface area (Å²) in [6.07, 6.45) is 5.22. The van der Waals surface area contributed by atoms with Crippen molar-refractivity contribution in [1.29, 1.82) is 0 Å². The third kappa shape index (κ3) is 3.07. The van der Waals surface area contributed by atoms with Crippen molar-refractivity contribution in [2.75, 3.05) is 0 Å². The molecule has 8 nitrogen and oxygen atoms in total. The molecule has 8 heteroatoms. The van der Waals surface area contributed by atoms with Crippen LogP contribution in [0, 0.1) is 24.0 Å². The Morgan fingerprint density at radius 2 is 2.08 bits per heavy atom. The number of ether oxygens (including phenoxy) is 1. The van der Waals surface area contributed by atoms with Gasteiger partial charge >= 0.3 is 5.82 Å². The summed E-state index contributed by atoms with van der Waals surface area (Å²) in [5.41, 5.74) is 2.71. The Morgan fingerprint density at radius 1 is 1.29 bits per heavy atom. The molecule has 0 bridgehead atoms. The van der Waals surface area contributed by atoms with E-state index in [0.29, 0.717) is 22.8 Å². The molecule has 3 aromatic heterocycles. The highest BCUT2D eigenvalue weighted by Gasteiger charge is 2.17. The van der Waals surface area contributed by atoms with Gasteiger partial charge in [-0.2, -0.15) is 5.10 Å². The molecule has 0 aliphatic heterocycles. The highest BCUT2D eigenvalue weighted by molar-refractivity contribution is 5.59. The van der Waals surface area contributed by atoms with E-state index >= 15 is 0 Å². The molecule has 0 amide bonds. The Bertz CT molecular complexity index is 897. The van der Waals surface area contributed by atoms with Crippen molar-refractivity contribution in [3.05, 3.63) is 58.2 Å². The van der Waals surface area contributed by atoms with Crippen LogP contribution in [0.25, 0.3) is 11.3 Å². The lowest BCUT2D eigenvalue weighted by atomic mass is 10.2. The minimum atomic E-state index is -0.517. The van der Waals surface area contributed by atoms with E-state index in [-0.39, 0.29) is 5.82 Å². The normalized spacial score (nSPS) is 10.6. The quantitative estimate of drug-likeness (QED) is 0.540. The summed E-state index contributed by atoms with van der Waals surface area (Å²) < 4.78 is 7.58. The molecule has 0 aliphatic carbocycles. The first-order valence-corrected chi connectivity index (χ1v) is 7.19. The van der Waals surface area contributed by atoms with Crippen LogP contribution >= 0.6 is 0 Å². The molecule has 0 spiro atoms. The largest absolute Gasteiger partial charge is 0.453 e. The van der Waals surface area contributed by atoms with Crippen LogP contribution in [0.5, 0.6) is 11.5 Å². The number of nitro groups is 1. The molecule has 0 fully saturated rings. The van der Waals surface area contributed by atoms with Crippen molar-refractivity contribution in [2.45, 2.75) is 13.8 Å². The lowest BCUT2D eigenvalue weighted by molar-refractivity contribution is -0.389. The first kappa shape index (κ1) is 15.6. The fourth-order valence-corrected chi connectivity index (χ4v) is 2.35. The molecule has 0 aromatic carbocycles. The molecule has 0 saturated heterocycles. The Morgan fingerprint density at radius 3 is 2.71 bits per heavy atom. The predicted molar refractivity (Wildman–Crippen MR) is 86.9 cm³/mol. The van der Waals surface area contributed by atoms with Gasteiger partial charge in [0.1, 0.15) is 5.75 Å². The maximum absolute atomic E-state index is 10.9. The van der Waals surface area contributed by atoms with Gasteiger partial charge in [0.2, 0.25) is 0 Å². The molecule has 0 saturated carbocycles. The number of rotatable bonds is 4. The Hall–Kier alpha value is -3.29. The maximum Gasteiger partial charge on any atom is 0.364 e. The van der Waals surface area contributed by atoms with Crippen molar-refractivity contribution < 1.29 is 9.66 Å². The Labute approximate surface area is 137 Å². The lowest BCUT2D eigenvalue weighted by Gasteiger charge is -2.09. The smallest absolute Gasteiger partial charge is 0.364 e. The van der Waals surface area contributed by atoms with Gasteiger partial charge in [-0.05, 0) is 22.9 Å². The zero-order valence-electron chi connectivity index (χ0n) is 13.4. The Kier molecular flexibility index (Phi) is 3.95. The van der Waals surface area contributed by atoms with Gasteiger partial charge < -0.3 is 14.9 Å². The third-order valence-corrected chi connectivity index (χ3v) is 3.45. The van der Waals surface area contributed by atoms with E-state index in [2.05, 4.69) is 15.1 Å². The van der Waals surface area contributed by atoms with Crippen LogP contribution in [-0.4, -0.2) is 24.7 Å². The van der Waals surface area contributed by atoms with Crippen LogP contribution in [-0.2, 0) is 7.05 Å². The molecule has 0 aliphatic rings.